The van der Waals surface area contributed by atoms with Crippen LogP contribution in [0.3, 0.4) is 0 Å². The van der Waals surface area contributed by atoms with Gasteiger partial charge in [0.1, 0.15) is 11.5 Å². The third-order valence-electron chi connectivity index (χ3n) is 2.09. The highest BCUT2D eigenvalue weighted by Gasteiger charge is 2.02. The number of benzene rings is 1. The molecular formula is C13H18O2. The van der Waals surface area contributed by atoms with Crippen molar-refractivity contribution in [2.24, 2.45) is 0 Å². The van der Waals surface area contributed by atoms with Crippen LogP contribution < -0.4 is 4.74 Å². The Hall–Kier alpha value is -1.31. The van der Waals surface area contributed by atoms with Gasteiger partial charge in [-0.2, -0.15) is 0 Å². The van der Waals surface area contributed by atoms with E-state index in [1.165, 1.54) is 0 Å². The number of carbonyl (C=O) groups is 1. The van der Waals surface area contributed by atoms with Gasteiger partial charge in [-0.1, -0.05) is 19.1 Å². The normalized spacial score (nSPS) is 10.4. The van der Waals surface area contributed by atoms with Gasteiger partial charge in [0.25, 0.3) is 0 Å². The lowest BCUT2D eigenvalue weighted by atomic mass is 10.1. The molecule has 0 aliphatic heterocycles. The average molecular weight is 206 g/mol. The van der Waals surface area contributed by atoms with Crippen molar-refractivity contribution < 1.29 is 9.53 Å². The minimum atomic E-state index is 0.188. The molecular weight excluding hydrogens is 188 g/mol. The quantitative estimate of drug-likeness (QED) is 0.740. The average Bonchev–Trinajstić information content (AvgIpc) is 2.20. The lowest BCUT2D eigenvalue weighted by molar-refractivity contribution is -0.118. The fourth-order valence-corrected chi connectivity index (χ4v) is 1.31. The minimum absolute atomic E-state index is 0.188. The molecule has 0 aromatic heterocycles. The third kappa shape index (κ3) is 4.15. The van der Waals surface area contributed by atoms with Gasteiger partial charge in [-0.05, 0) is 31.5 Å². The van der Waals surface area contributed by atoms with Crippen molar-refractivity contribution in [1.82, 2.24) is 0 Å². The number of ether oxygens (including phenoxy) is 1. The predicted octanol–water partition coefficient (Wildman–Crippen LogP) is 3.00. The number of hydrogen-bond acceptors (Lipinski definition) is 2. The summed E-state index contributed by atoms with van der Waals surface area (Å²) in [6, 6.07) is 7.73. The van der Waals surface area contributed by atoms with E-state index in [9.17, 15) is 4.79 Å². The van der Waals surface area contributed by atoms with Crippen LogP contribution >= 0.6 is 0 Å². The van der Waals surface area contributed by atoms with E-state index < -0.39 is 0 Å². The molecule has 0 N–H and O–H groups in total. The predicted molar refractivity (Wildman–Crippen MR) is 61.2 cm³/mol. The van der Waals surface area contributed by atoms with Crippen LogP contribution in [0.5, 0.6) is 5.75 Å². The van der Waals surface area contributed by atoms with Crippen molar-refractivity contribution in [3.8, 4) is 5.75 Å². The molecule has 2 nitrogen and oxygen atoms in total. The van der Waals surface area contributed by atoms with Crippen LogP contribution in [-0.2, 0) is 11.2 Å². The SMILES string of the molecule is CCC(=O)Cc1ccc(OC(C)C)cc1. The van der Waals surface area contributed by atoms with Crippen molar-refractivity contribution in [2.75, 3.05) is 0 Å². The molecule has 0 spiro atoms. The van der Waals surface area contributed by atoms with Gasteiger partial charge in [0, 0.05) is 12.8 Å². The number of hydrogen-bond donors (Lipinski definition) is 0. The van der Waals surface area contributed by atoms with Crippen LogP contribution in [-0.4, -0.2) is 11.9 Å². The van der Waals surface area contributed by atoms with E-state index in [1.54, 1.807) is 0 Å². The van der Waals surface area contributed by atoms with Crippen molar-refractivity contribution in [3.05, 3.63) is 29.8 Å². The Labute approximate surface area is 91.3 Å². The number of ketones is 1. The second kappa shape index (κ2) is 5.54. The van der Waals surface area contributed by atoms with E-state index in [0.29, 0.717) is 12.8 Å². The van der Waals surface area contributed by atoms with Gasteiger partial charge in [-0.3, -0.25) is 4.79 Å². The molecule has 0 unspecified atom stereocenters. The van der Waals surface area contributed by atoms with E-state index in [0.717, 1.165) is 11.3 Å². The summed E-state index contributed by atoms with van der Waals surface area (Å²) in [4.78, 5) is 11.2. The summed E-state index contributed by atoms with van der Waals surface area (Å²) < 4.78 is 5.52. The molecule has 0 saturated heterocycles. The fraction of sp³-hybridized carbons (Fsp3) is 0.462. The molecule has 0 atom stereocenters. The lowest BCUT2D eigenvalue weighted by Gasteiger charge is -2.09. The maximum atomic E-state index is 11.2. The molecule has 2 heteroatoms. The lowest BCUT2D eigenvalue weighted by Crippen LogP contribution is -2.05. The summed E-state index contributed by atoms with van der Waals surface area (Å²) in [6.45, 7) is 5.88. The highest BCUT2D eigenvalue weighted by molar-refractivity contribution is 5.80. The topological polar surface area (TPSA) is 26.3 Å². The molecule has 0 fully saturated rings. The first kappa shape index (κ1) is 11.8. The molecule has 1 aromatic carbocycles. The zero-order valence-corrected chi connectivity index (χ0v) is 9.62. The van der Waals surface area contributed by atoms with Crippen LogP contribution in [0.1, 0.15) is 32.8 Å². The number of carbonyl (C=O) groups excluding carboxylic acids is 1. The highest BCUT2D eigenvalue weighted by atomic mass is 16.5. The molecule has 0 aliphatic carbocycles. The maximum absolute atomic E-state index is 11.2. The smallest absolute Gasteiger partial charge is 0.136 e. The Kier molecular flexibility index (Phi) is 4.35. The number of rotatable bonds is 5. The summed E-state index contributed by atoms with van der Waals surface area (Å²) in [6.07, 6.45) is 1.32. The largest absolute Gasteiger partial charge is 0.491 e. The monoisotopic (exact) mass is 206 g/mol. The zero-order valence-electron chi connectivity index (χ0n) is 9.62. The standard InChI is InChI=1S/C13H18O2/c1-4-12(14)9-11-5-7-13(8-6-11)15-10(2)3/h5-8,10H,4,9H2,1-3H3. The summed E-state index contributed by atoms with van der Waals surface area (Å²) >= 11 is 0. The molecule has 0 saturated carbocycles. The van der Waals surface area contributed by atoms with Crippen LogP contribution in [0, 0.1) is 0 Å². The Morgan fingerprint density at radius 2 is 1.87 bits per heavy atom. The van der Waals surface area contributed by atoms with Gasteiger partial charge in [0.15, 0.2) is 0 Å². The van der Waals surface area contributed by atoms with E-state index in [4.69, 9.17) is 4.74 Å². The molecule has 0 bridgehead atoms. The molecule has 0 aliphatic rings. The minimum Gasteiger partial charge on any atom is -0.491 e. The van der Waals surface area contributed by atoms with E-state index in [-0.39, 0.29) is 11.9 Å². The van der Waals surface area contributed by atoms with Crippen molar-refractivity contribution >= 4 is 5.78 Å². The first-order valence-corrected chi connectivity index (χ1v) is 5.39. The molecule has 15 heavy (non-hydrogen) atoms. The fourth-order valence-electron chi connectivity index (χ4n) is 1.31. The van der Waals surface area contributed by atoms with Crippen LogP contribution in [0.25, 0.3) is 0 Å². The number of Topliss-reactive ketones (excluding diaryl/α,β-unsaturated/α-hetero) is 1. The van der Waals surface area contributed by atoms with Crippen LogP contribution in [0.4, 0.5) is 0 Å². The molecule has 0 radical (unpaired) electrons. The summed E-state index contributed by atoms with van der Waals surface area (Å²) in [5, 5.41) is 0. The summed E-state index contributed by atoms with van der Waals surface area (Å²) in [5.74, 6) is 1.13. The molecule has 0 heterocycles. The summed E-state index contributed by atoms with van der Waals surface area (Å²) in [5.41, 5.74) is 1.05. The van der Waals surface area contributed by atoms with Crippen molar-refractivity contribution in [3.63, 3.8) is 0 Å². The Morgan fingerprint density at radius 3 is 2.33 bits per heavy atom. The van der Waals surface area contributed by atoms with Gasteiger partial charge in [0.2, 0.25) is 0 Å². The Balaban J connectivity index is 2.60. The van der Waals surface area contributed by atoms with Gasteiger partial charge >= 0.3 is 0 Å². The van der Waals surface area contributed by atoms with E-state index >= 15 is 0 Å². The second-order valence-electron chi connectivity index (χ2n) is 3.88. The molecule has 82 valence electrons. The molecule has 0 amide bonds. The van der Waals surface area contributed by atoms with Gasteiger partial charge in [0.05, 0.1) is 6.10 Å². The van der Waals surface area contributed by atoms with Crippen molar-refractivity contribution in [1.29, 1.82) is 0 Å². The molecule has 1 aromatic rings. The van der Waals surface area contributed by atoms with E-state index in [1.807, 2.05) is 45.0 Å². The first-order valence-electron chi connectivity index (χ1n) is 5.39. The Bertz CT molecular complexity index is 312. The highest BCUT2D eigenvalue weighted by Crippen LogP contribution is 2.14. The van der Waals surface area contributed by atoms with Crippen LogP contribution in [0.15, 0.2) is 24.3 Å². The summed E-state index contributed by atoms with van der Waals surface area (Å²) in [7, 11) is 0. The second-order valence-corrected chi connectivity index (χ2v) is 3.88. The Morgan fingerprint density at radius 1 is 1.27 bits per heavy atom. The van der Waals surface area contributed by atoms with E-state index in [2.05, 4.69) is 0 Å². The molecule has 1 rings (SSSR count). The zero-order chi connectivity index (χ0) is 11.3. The van der Waals surface area contributed by atoms with Crippen molar-refractivity contribution in [2.45, 2.75) is 39.7 Å². The van der Waals surface area contributed by atoms with Gasteiger partial charge < -0.3 is 4.74 Å². The van der Waals surface area contributed by atoms with Gasteiger partial charge in [-0.25, -0.2) is 0 Å². The van der Waals surface area contributed by atoms with Gasteiger partial charge in [-0.15, -0.1) is 0 Å². The first-order chi connectivity index (χ1) is 7.11. The van der Waals surface area contributed by atoms with Crippen LogP contribution in [0.2, 0.25) is 0 Å². The third-order valence-corrected chi connectivity index (χ3v) is 2.09. The maximum Gasteiger partial charge on any atom is 0.136 e.